The van der Waals surface area contributed by atoms with Gasteiger partial charge in [-0.2, -0.15) is 13.2 Å². The smallest absolute Gasteiger partial charge is 0.416 e. The molecule has 0 radical (unpaired) electrons. The first kappa shape index (κ1) is 19.1. The zero-order valence-electron chi connectivity index (χ0n) is 13.3. The largest absolute Gasteiger partial charge is 0.464 e. The lowest BCUT2D eigenvalue weighted by Gasteiger charge is -2.11. The highest BCUT2D eigenvalue weighted by atomic mass is 35.5. The van der Waals surface area contributed by atoms with Gasteiger partial charge in [-0.15, -0.1) is 5.10 Å². The van der Waals surface area contributed by atoms with Crippen LogP contribution in [0.15, 0.2) is 24.3 Å². The Morgan fingerprint density at radius 1 is 1.28 bits per heavy atom. The van der Waals surface area contributed by atoms with Crippen LogP contribution >= 0.6 is 11.6 Å². The molecule has 0 amide bonds. The van der Waals surface area contributed by atoms with E-state index in [0.717, 1.165) is 12.1 Å². The van der Waals surface area contributed by atoms with Crippen molar-refractivity contribution >= 4 is 17.6 Å². The predicted octanol–water partition coefficient (Wildman–Crippen LogP) is 3.37. The standard InChI is InChI=1S/C15H14ClF3N2O4/c1-23-8-25-13-6-12(14(22)24-2)21(20-13)7-9-3-4-10(5-11(9)16)15(17,18)19/h3-6H,7-8H2,1-2H3. The quantitative estimate of drug-likeness (QED) is 0.569. The molecule has 0 aliphatic rings. The van der Waals surface area contributed by atoms with Gasteiger partial charge in [0.1, 0.15) is 0 Å². The highest BCUT2D eigenvalue weighted by Crippen LogP contribution is 2.32. The molecule has 6 nitrogen and oxygen atoms in total. The van der Waals surface area contributed by atoms with Crippen LogP contribution < -0.4 is 4.74 Å². The lowest BCUT2D eigenvalue weighted by molar-refractivity contribution is -0.137. The molecule has 0 saturated heterocycles. The molecule has 0 fully saturated rings. The van der Waals surface area contributed by atoms with E-state index in [1.54, 1.807) is 0 Å². The second-order valence-electron chi connectivity index (χ2n) is 4.87. The fourth-order valence-electron chi connectivity index (χ4n) is 1.99. The van der Waals surface area contributed by atoms with Crippen LogP contribution in [0.25, 0.3) is 0 Å². The maximum atomic E-state index is 12.7. The van der Waals surface area contributed by atoms with Crippen molar-refractivity contribution in [3.63, 3.8) is 0 Å². The number of nitrogens with zero attached hydrogens (tertiary/aromatic N) is 2. The van der Waals surface area contributed by atoms with Crippen LogP contribution in [0.5, 0.6) is 5.88 Å². The third-order valence-corrected chi connectivity index (χ3v) is 3.53. The van der Waals surface area contributed by atoms with Crippen LogP contribution in [0.4, 0.5) is 13.2 Å². The van der Waals surface area contributed by atoms with Crippen molar-refractivity contribution < 1.29 is 32.2 Å². The minimum absolute atomic E-state index is 0.0439. The van der Waals surface area contributed by atoms with Crippen molar-refractivity contribution in [2.45, 2.75) is 12.7 Å². The minimum Gasteiger partial charge on any atom is -0.464 e. The van der Waals surface area contributed by atoms with Crippen LogP contribution in [0.2, 0.25) is 5.02 Å². The first-order valence-electron chi connectivity index (χ1n) is 6.89. The molecule has 25 heavy (non-hydrogen) atoms. The molecule has 1 heterocycles. The van der Waals surface area contributed by atoms with E-state index in [0.29, 0.717) is 5.56 Å². The Morgan fingerprint density at radius 2 is 2.00 bits per heavy atom. The normalized spacial score (nSPS) is 11.4. The molecular weight excluding hydrogens is 365 g/mol. The summed E-state index contributed by atoms with van der Waals surface area (Å²) in [7, 11) is 2.61. The third-order valence-electron chi connectivity index (χ3n) is 3.18. The number of alkyl halides is 3. The molecule has 0 N–H and O–H groups in total. The molecule has 10 heteroatoms. The molecule has 0 bridgehead atoms. The minimum atomic E-state index is -4.49. The molecular formula is C15H14ClF3N2O4. The van der Waals surface area contributed by atoms with Crippen molar-refractivity contribution in [3.8, 4) is 5.88 Å². The monoisotopic (exact) mass is 378 g/mol. The molecule has 1 aromatic heterocycles. The SMILES string of the molecule is COCOc1cc(C(=O)OC)n(Cc2ccc(C(F)(F)F)cc2Cl)n1. The number of methoxy groups -OCH3 is 2. The van der Waals surface area contributed by atoms with E-state index in [9.17, 15) is 18.0 Å². The van der Waals surface area contributed by atoms with Gasteiger partial charge in [-0.3, -0.25) is 0 Å². The van der Waals surface area contributed by atoms with Crippen molar-refractivity contribution in [1.82, 2.24) is 9.78 Å². The highest BCUT2D eigenvalue weighted by molar-refractivity contribution is 6.31. The number of aromatic nitrogens is 2. The van der Waals surface area contributed by atoms with Gasteiger partial charge in [-0.05, 0) is 17.7 Å². The Hall–Kier alpha value is -2.26. The number of rotatable bonds is 6. The van der Waals surface area contributed by atoms with Gasteiger partial charge in [0.15, 0.2) is 12.5 Å². The Balaban J connectivity index is 2.32. The summed E-state index contributed by atoms with van der Waals surface area (Å²) in [5, 5.41) is 3.96. The predicted molar refractivity (Wildman–Crippen MR) is 81.6 cm³/mol. The number of hydrogen-bond donors (Lipinski definition) is 0. The lowest BCUT2D eigenvalue weighted by atomic mass is 10.1. The summed E-state index contributed by atoms with van der Waals surface area (Å²) < 4.78 is 53.9. The fourth-order valence-corrected chi connectivity index (χ4v) is 2.23. The molecule has 136 valence electrons. The van der Waals surface area contributed by atoms with E-state index in [4.69, 9.17) is 21.1 Å². The first-order chi connectivity index (χ1) is 11.8. The number of ether oxygens (including phenoxy) is 3. The van der Waals surface area contributed by atoms with Gasteiger partial charge in [-0.25, -0.2) is 9.48 Å². The summed E-state index contributed by atoms with van der Waals surface area (Å²) >= 11 is 5.93. The van der Waals surface area contributed by atoms with Gasteiger partial charge in [0.25, 0.3) is 0 Å². The van der Waals surface area contributed by atoms with E-state index in [1.165, 1.54) is 31.0 Å². The topological polar surface area (TPSA) is 62.6 Å². The summed E-state index contributed by atoms with van der Waals surface area (Å²) in [6.07, 6.45) is -4.49. The molecule has 0 saturated carbocycles. The molecule has 0 spiro atoms. The summed E-state index contributed by atoms with van der Waals surface area (Å²) in [5.74, 6) is -0.576. The Bertz CT molecular complexity index is 762. The fraction of sp³-hybridized carbons (Fsp3) is 0.333. The van der Waals surface area contributed by atoms with Gasteiger partial charge in [-0.1, -0.05) is 17.7 Å². The van der Waals surface area contributed by atoms with Crippen LogP contribution in [0.3, 0.4) is 0 Å². The number of esters is 1. The summed E-state index contributed by atoms with van der Waals surface area (Å²) in [6, 6.07) is 4.29. The maximum absolute atomic E-state index is 12.7. The van der Waals surface area contributed by atoms with E-state index in [2.05, 4.69) is 9.84 Å². The van der Waals surface area contributed by atoms with Crippen molar-refractivity contribution in [3.05, 3.63) is 46.1 Å². The molecule has 0 aliphatic heterocycles. The number of carbonyl (C=O) groups is 1. The van der Waals surface area contributed by atoms with Crippen LogP contribution in [-0.2, 0) is 22.2 Å². The van der Waals surface area contributed by atoms with E-state index < -0.39 is 17.7 Å². The highest BCUT2D eigenvalue weighted by Gasteiger charge is 2.31. The van der Waals surface area contributed by atoms with Crippen LogP contribution in [-0.4, -0.2) is 36.8 Å². The van der Waals surface area contributed by atoms with Crippen molar-refractivity contribution in [2.24, 2.45) is 0 Å². The molecule has 0 aliphatic carbocycles. The second-order valence-corrected chi connectivity index (χ2v) is 5.28. The zero-order valence-corrected chi connectivity index (χ0v) is 14.0. The molecule has 0 unspecified atom stereocenters. The van der Waals surface area contributed by atoms with E-state index in [-0.39, 0.29) is 29.9 Å². The summed E-state index contributed by atoms with van der Waals surface area (Å²) in [6.45, 7) is -0.129. The average Bonchev–Trinajstić information content (AvgIpc) is 2.96. The van der Waals surface area contributed by atoms with Gasteiger partial charge in [0.05, 0.1) is 19.2 Å². The Morgan fingerprint density at radius 3 is 2.56 bits per heavy atom. The Labute approximate surface area is 146 Å². The second kappa shape index (κ2) is 7.75. The number of carbonyl (C=O) groups excluding carboxylic acids is 1. The average molecular weight is 379 g/mol. The first-order valence-corrected chi connectivity index (χ1v) is 7.27. The zero-order chi connectivity index (χ0) is 18.6. The van der Waals surface area contributed by atoms with Gasteiger partial charge < -0.3 is 14.2 Å². The summed E-state index contributed by atoms with van der Waals surface area (Å²) in [5.41, 5.74) is -0.454. The van der Waals surface area contributed by atoms with Gasteiger partial charge >= 0.3 is 12.1 Å². The van der Waals surface area contributed by atoms with Crippen LogP contribution in [0.1, 0.15) is 21.6 Å². The number of benzene rings is 1. The number of hydrogen-bond acceptors (Lipinski definition) is 5. The van der Waals surface area contributed by atoms with E-state index >= 15 is 0 Å². The molecule has 0 atom stereocenters. The van der Waals surface area contributed by atoms with Gasteiger partial charge in [0, 0.05) is 18.2 Å². The molecule has 2 aromatic rings. The summed E-state index contributed by atoms with van der Waals surface area (Å²) in [4.78, 5) is 11.8. The maximum Gasteiger partial charge on any atom is 0.416 e. The molecule has 2 rings (SSSR count). The van der Waals surface area contributed by atoms with Crippen LogP contribution in [0, 0.1) is 0 Å². The lowest BCUT2D eigenvalue weighted by Crippen LogP contribution is -2.13. The third kappa shape index (κ3) is 4.64. The van der Waals surface area contributed by atoms with Gasteiger partial charge in [0.2, 0.25) is 5.88 Å². The van der Waals surface area contributed by atoms with Crippen molar-refractivity contribution in [2.75, 3.05) is 21.0 Å². The van der Waals surface area contributed by atoms with Crippen molar-refractivity contribution in [1.29, 1.82) is 0 Å². The Kier molecular flexibility index (Phi) is 5.91. The van der Waals surface area contributed by atoms with E-state index in [1.807, 2.05) is 0 Å². The number of halogens is 4. The molecule has 1 aromatic carbocycles.